The Bertz CT molecular complexity index is 803. The molecule has 1 atom stereocenters. The Morgan fingerprint density at radius 1 is 1.11 bits per heavy atom. The van der Waals surface area contributed by atoms with E-state index in [0.29, 0.717) is 24.4 Å². The Hall–Kier alpha value is -3.09. The number of ether oxygens (including phenoxy) is 2. The third-order valence-corrected chi connectivity index (χ3v) is 4.60. The normalized spacial score (nSPS) is 15.1. The van der Waals surface area contributed by atoms with Gasteiger partial charge in [-0.05, 0) is 31.4 Å². The first-order chi connectivity index (χ1) is 13.1. The summed E-state index contributed by atoms with van der Waals surface area (Å²) in [6.07, 6.45) is 2.08. The molecule has 7 heteroatoms. The van der Waals surface area contributed by atoms with E-state index in [4.69, 9.17) is 9.47 Å². The van der Waals surface area contributed by atoms with Gasteiger partial charge in [0, 0.05) is 18.7 Å². The van der Waals surface area contributed by atoms with Gasteiger partial charge in [0.15, 0.2) is 5.75 Å². The molecule has 142 valence electrons. The quantitative estimate of drug-likeness (QED) is 0.571. The number of hydrogen-bond acceptors (Lipinski definition) is 5. The molecule has 2 aromatic carbocycles. The Kier molecular flexibility index (Phi) is 5.90. The average Bonchev–Trinajstić information content (AvgIpc) is 2.72. The second-order valence-corrected chi connectivity index (χ2v) is 6.39. The maximum absolute atomic E-state index is 13.1. The number of piperidine rings is 1. The van der Waals surface area contributed by atoms with Crippen LogP contribution in [-0.4, -0.2) is 35.9 Å². The lowest BCUT2D eigenvalue weighted by molar-refractivity contribution is -0.386. The van der Waals surface area contributed by atoms with Crippen LogP contribution in [0.2, 0.25) is 0 Å². The van der Waals surface area contributed by atoms with Gasteiger partial charge >= 0.3 is 5.69 Å². The van der Waals surface area contributed by atoms with Crippen molar-refractivity contribution < 1.29 is 19.2 Å². The van der Waals surface area contributed by atoms with Gasteiger partial charge in [0.25, 0.3) is 5.91 Å². The minimum Gasteiger partial charge on any atom is -0.496 e. The summed E-state index contributed by atoms with van der Waals surface area (Å²) in [6.45, 7) is 1.35. The monoisotopic (exact) mass is 370 g/mol. The number of rotatable bonds is 6. The predicted molar refractivity (Wildman–Crippen MR) is 99.9 cm³/mol. The Labute approximate surface area is 157 Å². The summed E-state index contributed by atoms with van der Waals surface area (Å²) in [5, 5.41) is 11.5. The van der Waals surface area contributed by atoms with Crippen LogP contribution in [0.4, 0.5) is 5.69 Å². The van der Waals surface area contributed by atoms with Crippen molar-refractivity contribution in [1.82, 2.24) is 4.90 Å². The van der Waals surface area contributed by atoms with Crippen LogP contribution in [0.5, 0.6) is 11.5 Å². The number of nitrogens with zero attached hydrogens (tertiary/aromatic N) is 2. The fourth-order valence-corrected chi connectivity index (χ4v) is 3.16. The van der Waals surface area contributed by atoms with Crippen LogP contribution in [0.15, 0.2) is 48.5 Å². The third kappa shape index (κ3) is 4.36. The van der Waals surface area contributed by atoms with E-state index in [1.807, 2.05) is 18.2 Å². The fourth-order valence-electron chi connectivity index (χ4n) is 3.16. The van der Waals surface area contributed by atoms with E-state index < -0.39 is 11.0 Å². The van der Waals surface area contributed by atoms with Gasteiger partial charge in [0.2, 0.25) is 6.10 Å². The molecule has 7 nitrogen and oxygen atoms in total. The van der Waals surface area contributed by atoms with Crippen LogP contribution < -0.4 is 9.47 Å². The van der Waals surface area contributed by atoms with E-state index >= 15 is 0 Å². The van der Waals surface area contributed by atoms with Crippen molar-refractivity contribution in [3.05, 3.63) is 64.2 Å². The first-order valence-corrected chi connectivity index (χ1v) is 8.93. The van der Waals surface area contributed by atoms with Crippen molar-refractivity contribution in [2.45, 2.75) is 25.4 Å². The number of nitro groups is 1. The molecule has 1 aliphatic heterocycles. The fraction of sp³-hybridized carbons (Fsp3) is 0.350. The average molecular weight is 370 g/mol. The van der Waals surface area contributed by atoms with Gasteiger partial charge in [0.1, 0.15) is 5.75 Å². The molecule has 0 bridgehead atoms. The van der Waals surface area contributed by atoms with Crippen molar-refractivity contribution in [2.24, 2.45) is 0 Å². The molecule has 2 aromatic rings. The van der Waals surface area contributed by atoms with Crippen molar-refractivity contribution in [1.29, 1.82) is 0 Å². The Morgan fingerprint density at radius 2 is 1.81 bits per heavy atom. The van der Waals surface area contributed by atoms with E-state index in [2.05, 4.69) is 0 Å². The SMILES string of the molecule is COc1ccc(O[C@@H](C(=O)N2CCCCC2)c2ccccc2)c([N+](=O)[O-])c1. The molecule has 27 heavy (non-hydrogen) atoms. The van der Waals surface area contributed by atoms with Crippen LogP contribution in [-0.2, 0) is 4.79 Å². The van der Waals surface area contributed by atoms with Gasteiger partial charge in [-0.3, -0.25) is 14.9 Å². The van der Waals surface area contributed by atoms with Crippen LogP contribution in [0.3, 0.4) is 0 Å². The Morgan fingerprint density at radius 3 is 2.44 bits per heavy atom. The second-order valence-electron chi connectivity index (χ2n) is 6.39. The lowest BCUT2D eigenvalue weighted by Gasteiger charge is -2.30. The number of methoxy groups -OCH3 is 1. The van der Waals surface area contributed by atoms with Crippen LogP contribution in [0.1, 0.15) is 30.9 Å². The zero-order valence-electron chi connectivity index (χ0n) is 15.2. The number of amides is 1. The summed E-state index contributed by atoms with van der Waals surface area (Å²) in [6, 6.07) is 13.4. The van der Waals surface area contributed by atoms with Crippen LogP contribution in [0, 0.1) is 10.1 Å². The molecular formula is C20H22N2O5. The molecule has 3 rings (SSSR count). The molecule has 0 N–H and O–H groups in total. The lowest BCUT2D eigenvalue weighted by Crippen LogP contribution is -2.40. The zero-order chi connectivity index (χ0) is 19.2. The molecule has 1 heterocycles. The standard InChI is InChI=1S/C20H22N2O5/c1-26-16-10-11-18(17(14-16)22(24)25)27-19(15-8-4-2-5-9-15)20(23)21-12-6-3-7-13-21/h2,4-5,8-11,14,19H,3,6-7,12-13H2,1H3/t19-/m1/s1. The van der Waals surface area contributed by atoms with Gasteiger partial charge in [-0.1, -0.05) is 30.3 Å². The van der Waals surface area contributed by atoms with Crippen molar-refractivity contribution in [3.63, 3.8) is 0 Å². The van der Waals surface area contributed by atoms with Gasteiger partial charge < -0.3 is 14.4 Å². The highest BCUT2D eigenvalue weighted by Crippen LogP contribution is 2.35. The van der Waals surface area contributed by atoms with E-state index in [1.165, 1.54) is 19.2 Å². The maximum atomic E-state index is 13.1. The smallest absolute Gasteiger partial charge is 0.314 e. The minimum absolute atomic E-state index is 0.0417. The topological polar surface area (TPSA) is 81.9 Å². The molecule has 1 fully saturated rings. The van der Waals surface area contributed by atoms with E-state index in [9.17, 15) is 14.9 Å². The van der Waals surface area contributed by atoms with E-state index in [-0.39, 0.29) is 17.3 Å². The largest absolute Gasteiger partial charge is 0.496 e. The first kappa shape index (κ1) is 18.7. The molecule has 1 saturated heterocycles. The van der Waals surface area contributed by atoms with Crippen LogP contribution >= 0.6 is 0 Å². The molecular weight excluding hydrogens is 348 g/mol. The van der Waals surface area contributed by atoms with Gasteiger partial charge in [-0.25, -0.2) is 0 Å². The first-order valence-electron chi connectivity index (χ1n) is 8.93. The highest BCUT2D eigenvalue weighted by Gasteiger charge is 2.31. The number of likely N-dealkylation sites (tertiary alicyclic amines) is 1. The molecule has 1 amide bonds. The van der Waals surface area contributed by atoms with Crippen molar-refractivity contribution in [3.8, 4) is 11.5 Å². The number of benzene rings is 2. The van der Waals surface area contributed by atoms with Crippen molar-refractivity contribution in [2.75, 3.05) is 20.2 Å². The number of nitro benzene ring substituents is 1. The molecule has 0 radical (unpaired) electrons. The van der Waals surface area contributed by atoms with Gasteiger partial charge in [-0.2, -0.15) is 0 Å². The summed E-state index contributed by atoms with van der Waals surface area (Å²) in [5.74, 6) is 0.221. The molecule has 0 unspecified atom stereocenters. The summed E-state index contributed by atoms with van der Waals surface area (Å²) in [4.78, 5) is 25.8. The van der Waals surface area contributed by atoms with E-state index in [0.717, 1.165) is 19.3 Å². The Balaban J connectivity index is 1.94. The molecule has 0 spiro atoms. The summed E-state index contributed by atoms with van der Waals surface area (Å²) >= 11 is 0. The maximum Gasteiger partial charge on any atom is 0.314 e. The van der Waals surface area contributed by atoms with Gasteiger partial charge in [0.05, 0.1) is 18.1 Å². The highest BCUT2D eigenvalue weighted by atomic mass is 16.6. The summed E-state index contributed by atoms with van der Waals surface area (Å²) < 4.78 is 11.0. The molecule has 0 aromatic heterocycles. The van der Waals surface area contributed by atoms with Gasteiger partial charge in [-0.15, -0.1) is 0 Å². The predicted octanol–water partition coefficient (Wildman–Crippen LogP) is 3.74. The third-order valence-electron chi connectivity index (χ3n) is 4.60. The van der Waals surface area contributed by atoms with Crippen LogP contribution in [0.25, 0.3) is 0 Å². The number of carbonyl (C=O) groups is 1. The summed E-state index contributed by atoms with van der Waals surface area (Å²) in [7, 11) is 1.44. The highest BCUT2D eigenvalue weighted by molar-refractivity contribution is 5.83. The zero-order valence-corrected chi connectivity index (χ0v) is 15.2. The second kappa shape index (κ2) is 8.53. The van der Waals surface area contributed by atoms with E-state index in [1.54, 1.807) is 23.1 Å². The molecule has 1 aliphatic rings. The number of hydrogen-bond donors (Lipinski definition) is 0. The minimum atomic E-state index is -0.934. The number of carbonyl (C=O) groups excluding carboxylic acids is 1. The lowest BCUT2D eigenvalue weighted by atomic mass is 10.1. The molecule has 0 aliphatic carbocycles. The molecule has 0 saturated carbocycles. The summed E-state index contributed by atoms with van der Waals surface area (Å²) in [5.41, 5.74) is 0.430. The van der Waals surface area contributed by atoms with Crippen molar-refractivity contribution >= 4 is 11.6 Å².